The average Bonchev–Trinajstić information content (AvgIpc) is 2.87. The van der Waals surface area contributed by atoms with Gasteiger partial charge in [0, 0.05) is 10.7 Å². The third-order valence-electron chi connectivity index (χ3n) is 5.76. The van der Waals surface area contributed by atoms with Crippen LogP contribution in [0.5, 0.6) is 0 Å². The molecule has 144 valence electrons. The van der Waals surface area contributed by atoms with Crippen molar-refractivity contribution in [2.45, 2.75) is 37.1 Å². The van der Waals surface area contributed by atoms with Crippen molar-refractivity contribution >= 4 is 35.1 Å². The number of hydrogen-bond acceptors (Lipinski definition) is 3. The number of hydrogen-bond donors (Lipinski definition) is 3. The minimum absolute atomic E-state index is 0.0942. The highest BCUT2D eigenvalue weighted by atomic mass is 35.5. The molecule has 0 bridgehead atoms. The second-order valence-electron chi connectivity index (χ2n) is 7.51. The summed E-state index contributed by atoms with van der Waals surface area (Å²) >= 11 is 6.13. The molecule has 0 spiro atoms. The lowest BCUT2D eigenvalue weighted by molar-refractivity contribution is -0.124. The van der Waals surface area contributed by atoms with Crippen LogP contribution >= 0.6 is 11.6 Å². The van der Waals surface area contributed by atoms with E-state index in [2.05, 4.69) is 16.0 Å². The predicted octanol–water partition coefficient (Wildman–Crippen LogP) is 3.46. The Hall–Kier alpha value is -2.86. The molecule has 4 rings (SSSR count). The Balaban J connectivity index is 1.60. The van der Waals surface area contributed by atoms with E-state index in [0.717, 1.165) is 24.8 Å². The van der Waals surface area contributed by atoms with Gasteiger partial charge in [0.25, 0.3) is 5.91 Å². The summed E-state index contributed by atoms with van der Waals surface area (Å²) in [6.07, 6.45) is 2.49. The van der Waals surface area contributed by atoms with E-state index in [1.54, 1.807) is 37.3 Å². The Bertz CT molecular complexity index is 986. The van der Waals surface area contributed by atoms with Crippen molar-refractivity contribution in [3.05, 3.63) is 64.7 Å². The van der Waals surface area contributed by atoms with Crippen molar-refractivity contribution in [3.63, 3.8) is 0 Å². The fraction of sp³-hybridized carbons (Fsp3) is 0.286. The molecule has 2 fully saturated rings. The zero-order chi connectivity index (χ0) is 19.9. The molecular formula is C21H20ClN3O3. The number of carbonyl (C=O) groups is 3. The van der Waals surface area contributed by atoms with Gasteiger partial charge in [-0.15, -0.1) is 0 Å². The van der Waals surface area contributed by atoms with Gasteiger partial charge in [-0.1, -0.05) is 42.3 Å². The van der Waals surface area contributed by atoms with E-state index in [1.807, 2.05) is 18.2 Å². The fourth-order valence-corrected chi connectivity index (χ4v) is 4.06. The van der Waals surface area contributed by atoms with E-state index in [4.69, 9.17) is 11.6 Å². The minimum atomic E-state index is -1.17. The molecule has 4 amide bonds. The first-order valence-corrected chi connectivity index (χ1v) is 9.53. The van der Waals surface area contributed by atoms with E-state index in [-0.39, 0.29) is 5.91 Å². The zero-order valence-electron chi connectivity index (χ0n) is 15.3. The van der Waals surface area contributed by atoms with Crippen LogP contribution in [0.1, 0.15) is 37.3 Å². The van der Waals surface area contributed by atoms with Crippen LogP contribution in [0.15, 0.2) is 48.5 Å². The summed E-state index contributed by atoms with van der Waals surface area (Å²) in [5.74, 6) is -0.515. The van der Waals surface area contributed by atoms with Gasteiger partial charge in [0.15, 0.2) is 0 Å². The third kappa shape index (κ3) is 2.94. The molecule has 2 aromatic rings. The maximum Gasteiger partial charge on any atom is 0.322 e. The largest absolute Gasteiger partial charge is 0.325 e. The van der Waals surface area contributed by atoms with Crippen molar-refractivity contribution in [2.24, 2.45) is 0 Å². The summed E-state index contributed by atoms with van der Waals surface area (Å²) in [7, 11) is 0. The molecule has 28 heavy (non-hydrogen) atoms. The normalized spacial score (nSPS) is 22.8. The van der Waals surface area contributed by atoms with E-state index >= 15 is 0 Å². The van der Waals surface area contributed by atoms with Crippen molar-refractivity contribution in [1.29, 1.82) is 0 Å². The second kappa shape index (κ2) is 6.63. The van der Waals surface area contributed by atoms with Crippen LogP contribution in [0.25, 0.3) is 0 Å². The molecule has 0 aromatic heterocycles. The van der Waals surface area contributed by atoms with Crippen molar-refractivity contribution in [1.82, 2.24) is 10.6 Å². The molecule has 3 N–H and O–H groups in total. The highest BCUT2D eigenvalue weighted by molar-refractivity contribution is 6.30. The monoisotopic (exact) mass is 397 g/mol. The van der Waals surface area contributed by atoms with E-state index in [1.165, 1.54) is 0 Å². The summed E-state index contributed by atoms with van der Waals surface area (Å²) in [5.41, 5.74) is 0.322. The lowest BCUT2D eigenvalue weighted by Crippen LogP contribution is -2.46. The molecule has 1 aliphatic heterocycles. The number of benzene rings is 2. The lowest BCUT2D eigenvalue weighted by Gasteiger charge is -2.40. The van der Waals surface area contributed by atoms with Gasteiger partial charge in [-0.2, -0.15) is 0 Å². The van der Waals surface area contributed by atoms with Crippen molar-refractivity contribution in [3.8, 4) is 0 Å². The number of imide groups is 1. The first kappa shape index (κ1) is 18.5. The van der Waals surface area contributed by atoms with Crippen LogP contribution in [0.3, 0.4) is 0 Å². The SMILES string of the molecule is C[C@@]1(c2cccc(NC(=O)C3(c4cccc(Cl)c4)CCC3)c2)NC(=O)NC1=O. The van der Waals surface area contributed by atoms with Crippen LogP contribution in [0, 0.1) is 0 Å². The summed E-state index contributed by atoms with van der Waals surface area (Å²) < 4.78 is 0. The number of halogens is 1. The van der Waals surface area contributed by atoms with Crippen LogP contribution in [0.4, 0.5) is 10.5 Å². The molecule has 2 aromatic carbocycles. The molecule has 7 heteroatoms. The number of rotatable bonds is 4. The summed E-state index contributed by atoms with van der Waals surface area (Å²) in [5, 5.41) is 8.47. The molecule has 0 unspecified atom stereocenters. The van der Waals surface area contributed by atoms with Gasteiger partial charge in [0.2, 0.25) is 5.91 Å². The number of urea groups is 1. The molecule has 1 atom stereocenters. The number of amides is 4. The quantitative estimate of drug-likeness (QED) is 0.690. The van der Waals surface area contributed by atoms with Gasteiger partial charge in [0.1, 0.15) is 5.54 Å². The van der Waals surface area contributed by atoms with Gasteiger partial charge >= 0.3 is 6.03 Å². The molecule has 1 heterocycles. The van der Waals surface area contributed by atoms with Gasteiger partial charge in [-0.3, -0.25) is 14.9 Å². The van der Waals surface area contributed by atoms with Crippen LogP contribution in [-0.2, 0) is 20.5 Å². The smallest absolute Gasteiger partial charge is 0.322 e. The average molecular weight is 398 g/mol. The molecule has 6 nitrogen and oxygen atoms in total. The standard InChI is InChI=1S/C21H20ClN3O3/c1-20(17(26)24-19(28)25-20)13-5-3-8-16(12-13)23-18(27)21(9-4-10-21)14-6-2-7-15(22)11-14/h2-3,5-8,11-12H,4,9-10H2,1H3,(H,23,27)(H2,24,25,26,28)/t20-/m0/s1. The first-order valence-electron chi connectivity index (χ1n) is 9.15. The van der Waals surface area contributed by atoms with Gasteiger partial charge in [-0.05, 0) is 55.2 Å². The van der Waals surface area contributed by atoms with E-state index in [9.17, 15) is 14.4 Å². The molecule has 1 saturated carbocycles. The number of carbonyl (C=O) groups excluding carboxylic acids is 3. The maximum absolute atomic E-state index is 13.2. The van der Waals surface area contributed by atoms with Gasteiger partial charge in [-0.25, -0.2) is 4.79 Å². The van der Waals surface area contributed by atoms with Crippen LogP contribution < -0.4 is 16.0 Å². The van der Waals surface area contributed by atoms with Crippen LogP contribution in [0.2, 0.25) is 5.02 Å². The Morgan fingerprint density at radius 3 is 2.39 bits per heavy atom. The maximum atomic E-state index is 13.2. The summed E-state index contributed by atoms with van der Waals surface area (Å²) in [4.78, 5) is 36.9. The zero-order valence-corrected chi connectivity index (χ0v) is 16.1. The molecular weight excluding hydrogens is 378 g/mol. The highest BCUT2D eigenvalue weighted by Crippen LogP contribution is 2.45. The third-order valence-corrected chi connectivity index (χ3v) is 6.00. The Kier molecular flexibility index (Phi) is 4.38. The summed E-state index contributed by atoms with van der Waals surface area (Å²) in [6, 6.07) is 13.9. The minimum Gasteiger partial charge on any atom is -0.325 e. The first-order chi connectivity index (χ1) is 13.3. The molecule has 1 saturated heterocycles. The summed E-state index contributed by atoms with van der Waals surface area (Å²) in [6.45, 7) is 1.63. The molecule has 2 aliphatic rings. The van der Waals surface area contributed by atoms with Crippen LogP contribution in [-0.4, -0.2) is 17.8 Å². The Labute approximate surface area is 167 Å². The Morgan fingerprint density at radius 1 is 1.07 bits per heavy atom. The van der Waals surface area contributed by atoms with E-state index < -0.39 is 22.9 Å². The van der Waals surface area contributed by atoms with Gasteiger partial charge < -0.3 is 10.6 Å². The number of nitrogens with one attached hydrogen (secondary N) is 3. The molecule has 1 aliphatic carbocycles. The topological polar surface area (TPSA) is 87.3 Å². The van der Waals surface area contributed by atoms with E-state index in [0.29, 0.717) is 16.3 Å². The highest BCUT2D eigenvalue weighted by Gasteiger charge is 2.46. The van der Waals surface area contributed by atoms with Crippen molar-refractivity contribution < 1.29 is 14.4 Å². The fourth-order valence-electron chi connectivity index (χ4n) is 3.87. The second-order valence-corrected chi connectivity index (χ2v) is 7.95. The molecule has 0 radical (unpaired) electrons. The van der Waals surface area contributed by atoms with Crippen molar-refractivity contribution in [2.75, 3.05) is 5.32 Å². The number of anilines is 1. The van der Waals surface area contributed by atoms with Gasteiger partial charge in [0.05, 0.1) is 5.41 Å². The lowest BCUT2D eigenvalue weighted by atomic mass is 9.64. The Morgan fingerprint density at radius 2 is 1.79 bits per heavy atom. The predicted molar refractivity (Wildman–Crippen MR) is 106 cm³/mol.